The van der Waals surface area contributed by atoms with Gasteiger partial charge in [0.25, 0.3) is 0 Å². The average molecular weight is 394 g/mol. The third-order valence-electron chi connectivity index (χ3n) is 3.73. The van der Waals surface area contributed by atoms with Crippen molar-refractivity contribution in [2.24, 2.45) is 0 Å². The smallest absolute Gasteiger partial charge is 0.233 e. The largest absolute Gasteiger partial charge is 0.508 e. The lowest BCUT2D eigenvalue weighted by Crippen LogP contribution is -2.21. The number of rotatable bonds is 9. The minimum Gasteiger partial charge on any atom is -0.508 e. The molecule has 0 fully saturated rings. The van der Waals surface area contributed by atoms with Crippen molar-refractivity contribution in [1.29, 1.82) is 0 Å². The molecule has 2 aromatic rings. The van der Waals surface area contributed by atoms with Crippen molar-refractivity contribution in [1.82, 2.24) is 5.06 Å². The van der Waals surface area contributed by atoms with Crippen LogP contribution in [0.3, 0.4) is 0 Å². The van der Waals surface area contributed by atoms with Crippen molar-refractivity contribution >= 4 is 22.3 Å². The van der Waals surface area contributed by atoms with Gasteiger partial charge in [0, 0.05) is 5.56 Å². The molecule has 0 aromatic heterocycles. The first-order valence-corrected chi connectivity index (χ1v) is 8.63. The summed E-state index contributed by atoms with van der Waals surface area (Å²) in [6.45, 7) is 0.314. The summed E-state index contributed by atoms with van der Waals surface area (Å²) in [6, 6.07) is 13.0. The molecule has 0 aliphatic carbocycles. The van der Waals surface area contributed by atoms with Crippen molar-refractivity contribution in [3.8, 4) is 11.5 Å². The molecule has 128 valence electrons. The summed E-state index contributed by atoms with van der Waals surface area (Å²) in [5.41, 5.74) is 3.51. The molecule has 0 heterocycles. The van der Waals surface area contributed by atoms with Crippen LogP contribution in [0.4, 0.5) is 0 Å². The number of aromatic hydroxyl groups is 1. The van der Waals surface area contributed by atoms with E-state index in [2.05, 4.69) is 15.9 Å². The van der Waals surface area contributed by atoms with Crippen LogP contribution < -0.4 is 4.74 Å². The van der Waals surface area contributed by atoms with Crippen LogP contribution in [0, 0.1) is 0 Å². The summed E-state index contributed by atoms with van der Waals surface area (Å²) in [6.07, 6.45) is 2.25. The molecule has 0 saturated carbocycles. The van der Waals surface area contributed by atoms with Crippen LogP contribution in [0.15, 0.2) is 42.5 Å². The average Bonchev–Trinajstić information content (AvgIpc) is 2.60. The number of ether oxygens (including phenoxy) is 1. The Morgan fingerprint density at radius 1 is 1.17 bits per heavy atom. The van der Waals surface area contributed by atoms with Gasteiger partial charge in [-0.25, -0.2) is 5.06 Å². The zero-order valence-corrected chi connectivity index (χ0v) is 15.0. The summed E-state index contributed by atoms with van der Waals surface area (Å²) in [5, 5.41) is 10.6. The number of nitrogens with zero attached hydrogens (tertiary/aromatic N) is 1. The molecule has 5 nitrogen and oxygen atoms in total. The normalized spacial score (nSPS) is 10.4. The van der Waals surface area contributed by atoms with Gasteiger partial charge in [0.15, 0.2) is 0 Å². The Kier molecular flexibility index (Phi) is 7.08. The number of benzene rings is 2. The van der Waals surface area contributed by atoms with E-state index >= 15 is 0 Å². The quantitative estimate of drug-likeness (QED) is 0.402. The number of halogens is 1. The van der Waals surface area contributed by atoms with E-state index in [-0.39, 0.29) is 5.75 Å². The Hall–Kier alpha value is -2.05. The second-order valence-corrected chi connectivity index (χ2v) is 5.63. The number of hydrogen-bond donors (Lipinski definition) is 1. The number of hydrogen-bond acceptors (Lipinski definition) is 4. The Bertz CT molecular complexity index is 661. The molecule has 0 aliphatic heterocycles. The number of carbonyl (C=O) groups excluding carboxylic acids is 1. The summed E-state index contributed by atoms with van der Waals surface area (Å²) in [7, 11) is 1.46. The van der Waals surface area contributed by atoms with Crippen LogP contribution in [0.25, 0.3) is 0 Å². The first-order chi connectivity index (χ1) is 11.7. The van der Waals surface area contributed by atoms with Gasteiger partial charge in [-0.05, 0) is 58.1 Å². The molecule has 1 N–H and O–H groups in total. The van der Waals surface area contributed by atoms with Crippen LogP contribution >= 0.6 is 15.9 Å². The number of alkyl halides is 1. The second kappa shape index (κ2) is 9.30. The maximum atomic E-state index is 11.1. The van der Waals surface area contributed by atoms with Crippen molar-refractivity contribution in [2.75, 3.05) is 12.6 Å². The van der Waals surface area contributed by atoms with Crippen molar-refractivity contribution in [3.05, 3.63) is 59.2 Å². The summed E-state index contributed by atoms with van der Waals surface area (Å²) in [5.74, 6) is 0.979. The first-order valence-electron chi connectivity index (χ1n) is 7.51. The number of aryl methyl sites for hydroxylation is 2. The molecule has 0 saturated heterocycles. The van der Waals surface area contributed by atoms with Gasteiger partial charge < -0.3 is 9.84 Å². The lowest BCUT2D eigenvalue weighted by molar-refractivity contribution is -0.164. The molecule has 0 atom stereocenters. The van der Waals surface area contributed by atoms with Gasteiger partial charge in [-0.15, -0.1) is 0 Å². The van der Waals surface area contributed by atoms with Gasteiger partial charge >= 0.3 is 0 Å². The highest BCUT2D eigenvalue weighted by molar-refractivity contribution is 9.09. The number of hydroxylamine groups is 2. The van der Waals surface area contributed by atoms with Gasteiger partial charge in [0.05, 0.1) is 13.7 Å². The molecule has 6 heteroatoms. The maximum Gasteiger partial charge on any atom is 0.233 e. The van der Waals surface area contributed by atoms with Crippen LogP contribution in [-0.2, 0) is 29.0 Å². The Labute approximate surface area is 149 Å². The minimum absolute atomic E-state index is 0.258. The summed E-state index contributed by atoms with van der Waals surface area (Å²) in [4.78, 5) is 16.1. The minimum atomic E-state index is 0.258. The second-order valence-electron chi connectivity index (χ2n) is 5.18. The van der Waals surface area contributed by atoms with E-state index in [0.29, 0.717) is 18.5 Å². The van der Waals surface area contributed by atoms with E-state index < -0.39 is 0 Å². The molecule has 2 rings (SSSR count). The fourth-order valence-corrected chi connectivity index (χ4v) is 2.71. The zero-order chi connectivity index (χ0) is 17.4. The SMILES string of the molecule is CON(C=O)Cc1c(CCc2ccc(O)cc2)cccc1OCBr. The highest BCUT2D eigenvalue weighted by Gasteiger charge is 2.13. The van der Waals surface area contributed by atoms with Crippen molar-refractivity contribution < 1.29 is 19.5 Å². The Morgan fingerprint density at radius 2 is 1.92 bits per heavy atom. The maximum absolute atomic E-state index is 11.1. The summed E-state index contributed by atoms with van der Waals surface area (Å²) >= 11 is 3.27. The molecule has 0 unspecified atom stereocenters. The van der Waals surface area contributed by atoms with E-state index in [4.69, 9.17) is 9.57 Å². The molecule has 1 amide bonds. The number of carbonyl (C=O) groups is 1. The van der Waals surface area contributed by atoms with Crippen LogP contribution in [0.1, 0.15) is 16.7 Å². The highest BCUT2D eigenvalue weighted by Crippen LogP contribution is 2.26. The van der Waals surface area contributed by atoms with E-state index in [1.165, 1.54) is 12.2 Å². The van der Waals surface area contributed by atoms with Gasteiger partial charge in [0.2, 0.25) is 6.41 Å². The van der Waals surface area contributed by atoms with Crippen LogP contribution in [0.5, 0.6) is 11.5 Å². The fourth-order valence-electron chi connectivity index (χ4n) is 2.46. The van der Waals surface area contributed by atoms with Crippen molar-refractivity contribution in [3.63, 3.8) is 0 Å². The van der Waals surface area contributed by atoms with Gasteiger partial charge in [0.1, 0.15) is 17.0 Å². The number of phenolic OH excluding ortho intramolecular Hbond substituents is 1. The standard InChI is InChI=1S/C18H20BrNO4/c1-23-20(13-21)11-17-15(3-2-4-18(17)24-12-19)8-5-14-6-9-16(22)10-7-14/h2-4,6-7,9-10,13,22H,5,8,11-12H2,1H3. The van der Waals surface area contributed by atoms with Gasteiger partial charge in [-0.2, -0.15) is 0 Å². The lowest BCUT2D eigenvalue weighted by Gasteiger charge is -2.19. The van der Waals surface area contributed by atoms with E-state index in [1.54, 1.807) is 12.1 Å². The Balaban J connectivity index is 2.21. The topological polar surface area (TPSA) is 59.0 Å². The van der Waals surface area contributed by atoms with E-state index in [0.717, 1.165) is 35.3 Å². The van der Waals surface area contributed by atoms with Crippen LogP contribution in [0.2, 0.25) is 0 Å². The third kappa shape index (κ3) is 4.97. The zero-order valence-electron chi connectivity index (χ0n) is 13.4. The molecular weight excluding hydrogens is 374 g/mol. The molecular formula is C18H20BrNO4. The first kappa shape index (κ1) is 18.3. The molecule has 24 heavy (non-hydrogen) atoms. The highest BCUT2D eigenvalue weighted by atomic mass is 79.9. The van der Waals surface area contributed by atoms with E-state index in [9.17, 15) is 9.90 Å². The fraction of sp³-hybridized carbons (Fsp3) is 0.278. The van der Waals surface area contributed by atoms with Gasteiger partial charge in [-0.3, -0.25) is 9.63 Å². The lowest BCUT2D eigenvalue weighted by atomic mass is 9.99. The molecule has 0 spiro atoms. The van der Waals surface area contributed by atoms with Gasteiger partial charge in [-0.1, -0.05) is 24.3 Å². The molecule has 2 aromatic carbocycles. The Morgan fingerprint density at radius 3 is 2.54 bits per heavy atom. The number of phenols is 1. The van der Waals surface area contributed by atoms with Crippen molar-refractivity contribution in [2.45, 2.75) is 19.4 Å². The predicted octanol–water partition coefficient (Wildman–Crippen LogP) is 3.43. The van der Waals surface area contributed by atoms with E-state index in [1.807, 2.05) is 30.3 Å². The predicted molar refractivity (Wildman–Crippen MR) is 95.0 cm³/mol. The third-order valence-corrected chi connectivity index (χ3v) is 3.95. The number of amides is 1. The summed E-state index contributed by atoms with van der Waals surface area (Å²) < 4.78 is 5.62. The van der Waals surface area contributed by atoms with Crippen LogP contribution in [-0.4, -0.2) is 29.2 Å². The molecule has 0 radical (unpaired) electrons. The molecule has 0 bridgehead atoms. The molecule has 0 aliphatic rings. The monoisotopic (exact) mass is 393 g/mol.